The molecular weight excluding hydrogens is 196 g/mol. The minimum Gasteiger partial charge on any atom is -0.465 e. The van der Waals surface area contributed by atoms with Gasteiger partial charge >= 0.3 is 6.09 Å². The molecule has 5 heteroatoms. The highest BCUT2D eigenvalue weighted by Crippen LogP contribution is 2.26. The number of nitrogens with zero attached hydrogens (tertiary/aromatic N) is 1. The zero-order valence-electron chi connectivity index (χ0n) is 9.78. The Hall–Kier alpha value is -0.810. The third-order valence-electron chi connectivity index (χ3n) is 2.54. The Morgan fingerprint density at radius 2 is 2.27 bits per heavy atom. The molecule has 2 N–H and O–H groups in total. The largest absolute Gasteiger partial charge is 0.465 e. The number of nitrogens with one attached hydrogen (secondary N) is 1. The summed E-state index contributed by atoms with van der Waals surface area (Å²) in [5.41, 5.74) is -0.713. The Labute approximate surface area is 90.4 Å². The van der Waals surface area contributed by atoms with Gasteiger partial charge in [-0.1, -0.05) is 13.8 Å². The van der Waals surface area contributed by atoms with Gasteiger partial charge in [0.25, 0.3) is 0 Å². The van der Waals surface area contributed by atoms with Crippen molar-refractivity contribution in [2.75, 3.05) is 13.2 Å². The van der Waals surface area contributed by atoms with E-state index >= 15 is 0 Å². The van der Waals surface area contributed by atoms with Crippen LogP contribution in [-0.4, -0.2) is 47.1 Å². The average Bonchev–Trinajstić information content (AvgIpc) is 2.37. The van der Waals surface area contributed by atoms with Gasteiger partial charge in [0.05, 0.1) is 12.6 Å². The Kier molecular flexibility index (Phi) is 3.57. The molecule has 0 aromatic rings. The van der Waals surface area contributed by atoms with Crippen molar-refractivity contribution in [1.82, 2.24) is 10.2 Å². The summed E-state index contributed by atoms with van der Waals surface area (Å²) >= 11 is 0. The minimum absolute atomic E-state index is 0.0973. The summed E-state index contributed by atoms with van der Waals surface area (Å²) in [5.74, 6) is 0. The van der Waals surface area contributed by atoms with Crippen molar-refractivity contribution in [3.8, 4) is 0 Å². The number of amides is 1. The molecule has 1 rings (SSSR count). The Balaban J connectivity index is 2.62. The highest BCUT2D eigenvalue weighted by atomic mass is 16.5. The van der Waals surface area contributed by atoms with E-state index in [1.54, 1.807) is 13.8 Å². The molecule has 1 atom stereocenters. The second-order valence-corrected chi connectivity index (χ2v) is 4.63. The lowest BCUT2D eigenvalue weighted by atomic mass is 10.2. The van der Waals surface area contributed by atoms with E-state index in [2.05, 4.69) is 5.32 Å². The predicted octanol–water partition coefficient (Wildman–Crippen LogP) is 1.10. The molecule has 1 heterocycles. The second kappa shape index (κ2) is 4.37. The topological polar surface area (TPSA) is 61.8 Å². The van der Waals surface area contributed by atoms with Gasteiger partial charge in [0.2, 0.25) is 0 Å². The molecule has 1 saturated heterocycles. The Morgan fingerprint density at radius 3 is 2.73 bits per heavy atom. The van der Waals surface area contributed by atoms with Crippen molar-refractivity contribution >= 4 is 6.09 Å². The average molecular weight is 216 g/mol. The van der Waals surface area contributed by atoms with E-state index in [1.165, 1.54) is 4.90 Å². The summed E-state index contributed by atoms with van der Waals surface area (Å²) in [6, 6.07) is 0.254. The molecule has 0 aliphatic carbocycles. The van der Waals surface area contributed by atoms with Crippen LogP contribution in [0, 0.1) is 0 Å². The molecule has 0 saturated carbocycles. The molecule has 0 spiro atoms. The molecule has 88 valence electrons. The summed E-state index contributed by atoms with van der Waals surface area (Å²) in [7, 11) is 0. The predicted molar refractivity (Wildman–Crippen MR) is 56.8 cm³/mol. The molecule has 0 bridgehead atoms. The van der Waals surface area contributed by atoms with Crippen LogP contribution in [0.15, 0.2) is 0 Å². The Morgan fingerprint density at radius 1 is 1.67 bits per heavy atom. The van der Waals surface area contributed by atoms with Crippen LogP contribution in [0.5, 0.6) is 0 Å². The third-order valence-corrected chi connectivity index (χ3v) is 2.54. The quantitative estimate of drug-likeness (QED) is 0.741. The highest BCUT2D eigenvalue weighted by Gasteiger charge is 2.43. The maximum atomic E-state index is 11.1. The maximum Gasteiger partial charge on any atom is 0.409 e. The zero-order valence-corrected chi connectivity index (χ0v) is 9.78. The number of carbonyl (C=O) groups is 1. The van der Waals surface area contributed by atoms with E-state index in [0.717, 1.165) is 0 Å². The first kappa shape index (κ1) is 12.3. The van der Waals surface area contributed by atoms with Crippen molar-refractivity contribution in [1.29, 1.82) is 0 Å². The molecule has 15 heavy (non-hydrogen) atoms. The minimum atomic E-state index is -0.923. The van der Waals surface area contributed by atoms with Crippen molar-refractivity contribution in [3.05, 3.63) is 0 Å². The van der Waals surface area contributed by atoms with Gasteiger partial charge in [-0.25, -0.2) is 4.79 Å². The second-order valence-electron chi connectivity index (χ2n) is 4.63. The van der Waals surface area contributed by atoms with Crippen LogP contribution in [0.4, 0.5) is 4.79 Å². The summed E-state index contributed by atoms with van der Waals surface area (Å²) in [6.07, 6.45) is -0.923. The van der Waals surface area contributed by atoms with E-state index in [-0.39, 0.29) is 6.04 Å². The monoisotopic (exact) mass is 216 g/mol. The molecule has 0 aromatic carbocycles. The van der Waals surface area contributed by atoms with Crippen LogP contribution in [0.3, 0.4) is 0 Å². The fraction of sp³-hybridized carbons (Fsp3) is 0.900. The lowest BCUT2D eigenvalue weighted by Crippen LogP contribution is -2.50. The van der Waals surface area contributed by atoms with Gasteiger partial charge < -0.3 is 15.2 Å². The SMILES string of the molecule is CC(C)NCC1COC(C)(C)N1C(=O)O. The van der Waals surface area contributed by atoms with Crippen LogP contribution in [0.2, 0.25) is 0 Å². The summed E-state index contributed by atoms with van der Waals surface area (Å²) in [4.78, 5) is 12.5. The summed E-state index contributed by atoms with van der Waals surface area (Å²) in [6.45, 7) is 8.71. The first-order valence-corrected chi connectivity index (χ1v) is 5.24. The van der Waals surface area contributed by atoms with Gasteiger partial charge in [0, 0.05) is 12.6 Å². The van der Waals surface area contributed by atoms with Gasteiger partial charge in [-0.3, -0.25) is 4.90 Å². The molecule has 0 aromatic heterocycles. The molecule has 5 nitrogen and oxygen atoms in total. The van der Waals surface area contributed by atoms with Gasteiger partial charge in [0.15, 0.2) is 0 Å². The molecule has 0 radical (unpaired) electrons. The van der Waals surface area contributed by atoms with Crippen LogP contribution in [0.25, 0.3) is 0 Å². The fourth-order valence-electron chi connectivity index (χ4n) is 1.79. The Bertz CT molecular complexity index is 241. The van der Waals surface area contributed by atoms with Crippen LogP contribution >= 0.6 is 0 Å². The van der Waals surface area contributed by atoms with Crippen LogP contribution < -0.4 is 5.32 Å². The maximum absolute atomic E-state index is 11.1. The lowest BCUT2D eigenvalue weighted by Gasteiger charge is -2.31. The first-order valence-electron chi connectivity index (χ1n) is 5.24. The molecule has 1 fully saturated rings. The van der Waals surface area contributed by atoms with E-state index < -0.39 is 11.8 Å². The number of carboxylic acid groups (broad SMARTS) is 1. The standard InChI is InChI=1S/C10H20N2O3/c1-7(2)11-5-8-6-15-10(3,4)12(8)9(13)14/h7-8,11H,5-6H2,1-4H3,(H,13,14). The van der Waals surface area contributed by atoms with E-state index in [4.69, 9.17) is 9.84 Å². The zero-order chi connectivity index (χ0) is 11.6. The number of ether oxygens (including phenoxy) is 1. The van der Waals surface area contributed by atoms with Crippen molar-refractivity contribution in [3.63, 3.8) is 0 Å². The molecule has 1 aliphatic heterocycles. The molecule has 1 unspecified atom stereocenters. The normalized spacial score (nSPS) is 24.9. The summed E-state index contributed by atoms with van der Waals surface area (Å²) < 4.78 is 5.46. The van der Waals surface area contributed by atoms with E-state index in [1.807, 2.05) is 13.8 Å². The van der Waals surface area contributed by atoms with Crippen LogP contribution in [-0.2, 0) is 4.74 Å². The van der Waals surface area contributed by atoms with Crippen molar-refractivity contribution in [2.24, 2.45) is 0 Å². The number of hydrogen-bond donors (Lipinski definition) is 2. The number of hydrogen-bond acceptors (Lipinski definition) is 3. The van der Waals surface area contributed by atoms with Crippen LogP contribution in [0.1, 0.15) is 27.7 Å². The van der Waals surface area contributed by atoms with Crippen molar-refractivity contribution < 1.29 is 14.6 Å². The fourth-order valence-corrected chi connectivity index (χ4v) is 1.79. The van der Waals surface area contributed by atoms with Gasteiger partial charge in [-0.05, 0) is 13.8 Å². The third kappa shape index (κ3) is 2.82. The summed E-state index contributed by atoms with van der Waals surface area (Å²) in [5, 5.41) is 12.3. The van der Waals surface area contributed by atoms with E-state index in [9.17, 15) is 4.79 Å². The molecule has 1 aliphatic rings. The van der Waals surface area contributed by atoms with Crippen molar-refractivity contribution in [2.45, 2.75) is 45.5 Å². The number of rotatable bonds is 3. The lowest BCUT2D eigenvalue weighted by molar-refractivity contribution is -0.0419. The van der Waals surface area contributed by atoms with Gasteiger partial charge in [-0.2, -0.15) is 0 Å². The first-order chi connectivity index (χ1) is 6.84. The smallest absolute Gasteiger partial charge is 0.409 e. The molecule has 1 amide bonds. The highest BCUT2D eigenvalue weighted by molar-refractivity contribution is 5.66. The van der Waals surface area contributed by atoms with Gasteiger partial charge in [-0.15, -0.1) is 0 Å². The van der Waals surface area contributed by atoms with E-state index in [0.29, 0.717) is 19.2 Å². The molecular formula is C10H20N2O3. The van der Waals surface area contributed by atoms with Gasteiger partial charge in [0.1, 0.15) is 5.72 Å².